The van der Waals surface area contributed by atoms with Crippen molar-refractivity contribution in [1.82, 2.24) is 15.1 Å². The molecular weight excluding hydrogens is 339 g/mol. The Morgan fingerprint density at radius 2 is 1.84 bits per heavy atom. The largest absolute Gasteiger partial charge is 0.343 e. The maximum Gasteiger partial charge on any atom is 0.226 e. The Balaban J connectivity index is 1.36. The van der Waals surface area contributed by atoms with Gasteiger partial charge in [0.1, 0.15) is 10.8 Å². The van der Waals surface area contributed by atoms with Crippen molar-refractivity contribution in [2.24, 2.45) is 5.92 Å². The molecule has 4 rings (SSSR count). The molecule has 1 saturated carbocycles. The third kappa shape index (κ3) is 3.25. The monoisotopic (exact) mass is 360 g/mol. The number of benzene rings is 1. The van der Waals surface area contributed by atoms with Gasteiger partial charge in [0.05, 0.1) is 0 Å². The number of aryl methyl sites for hydroxylation is 1. The van der Waals surface area contributed by atoms with Crippen LogP contribution in [0, 0.1) is 18.7 Å². The van der Waals surface area contributed by atoms with E-state index >= 15 is 0 Å². The van der Waals surface area contributed by atoms with Crippen molar-refractivity contribution < 1.29 is 9.18 Å². The van der Waals surface area contributed by atoms with Crippen molar-refractivity contribution in [3.05, 3.63) is 40.7 Å². The molecule has 2 heterocycles. The molecule has 25 heavy (non-hydrogen) atoms. The molecule has 1 aromatic carbocycles. The normalized spacial score (nSPS) is 23.4. The molecule has 5 nitrogen and oxygen atoms in total. The van der Waals surface area contributed by atoms with Crippen LogP contribution in [0.1, 0.15) is 29.3 Å². The molecule has 2 atom stereocenters. The summed E-state index contributed by atoms with van der Waals surface area (Å²) in [5, 5.41) is 10.2. The Bertz CT molecular complexity index is 755. The molecular formula is C18H21FN4OS. The molecule has 0 bridgehead atoms. The highest BCUT2D eigenvalue weighted by molar-refractivity contribution is 7.15. The van der Waals surface area contributed by atoms with Gasteiger partial charge in [-0.3, -0.25) is 4.79 Å². The van der Waals surface area contributed by atoms with E-state index in [1.165, 1.54) is 12.1 Å². The number of amides is 1. The molecule has 132 valence electrons. The molecule has 2 unspecified atom stereocenters. The lowest BCUT2D eigenvalue weighted by Crippen LogP contribution is -2.52. The second-order valence-electron chi connectivity index (χ2n) is 6.76. The number of aromatic nitrogens is 2. The second-order valence-corrected chi connectivity index (χ2v) is 7.92. The van der Waals surface area contributed by atoms with Crippen LogP contribution in [-0.4, -0.2) is 47.2 Å². The van der Waals surface area contributed by atoms with Crippen LogP contribution in [0.2, 0.25) is 0 Å². The number of hydrogen-bond acceptors (Lipinski definition) is 5. The van der Waals surface area contributed by atoms with Gasteiger partial charge in [-0.05, 0) is 43.4 Å². The van der Waals surface area contributed by atoms with Crippen molar-refractivity contribution in [2.45, 2.75) is 25.7 Å². The zero-order chi connectivity index (χ0) is 17.4. The van der Waals surface area contributed by atoms with Crippen molar-refractivity contribution >= 4 is 22.4 Å². The van der Waals surface area contributed by atoms with E-state index < -0.39 is 0 Å². The maximum atomic E-state index is 13.1. The molecule has 1 saturated heterocycles. The van der Waals surface area contributed by atoms with E-state index in [9.17, 15) is 9.18 Å². The van der Waals surface area contributed by atoms with Crippen LogP contribution in [0.3, 0.4) is 0 Å². The topological polar surface area (TPSA) is 49.3 Å². The summed E-state index contributed by atoms with van der Waals surface area (Å²) in [6.45, 7) is 5.00. The predicted molar refractivity (Wildman–Crippen MR) is 95.3 cm³/mol. The Kier molecular flexibility index (Phi) is 4.41. The predicted octanol–water partition coefficient (Wildman–Crippen LogP) is 2.83. The van der Waals surface area contributed by atoms with Gasteiger partial charge < -0.3 is 9.80 Å². The molecule has 1 aromatic heterocycles. The smallest absolute Gasteiger partial charge is 0.226 e. The molecule has 1 aliphatic carbocycles. The van der Waals surface area contributed by atoms with Crippen molar-refractivity contribution in [3.63, 3.8) is 0 Å². The van der Waals surface area contributed by atoms with E-state index in [2.05, 4.69) is 15.1 Å². The molecule has 1 aliphatic heterocycles. The average molecular weight is 360 g/mol. The summed E-state index contributed by atoms with van der Waals surface area (Å²) in [5.74, 6) is 0.292. The minimum atomic E-state index is -0.228. The van der Waals surface area contributed by atoms with Gasteiger partial charge in [0, 0.05) is 32.1 Å². The van der Waals surface area contributed by atoms with Gasteiger partial charge in [0.15, 0.2) is 0 Å². The lowest BCUT2D eigenvalue weighted by atomic mass is 9.69. The van der Waals surface area contributed by atoms with Crippen molar-refractivity contribution in [1.29, 1.82) is 0 Å². The summed E-state index contributed by atoms with van der Waals surface area (Å²) in [4.78, 5) is 17.1. The van der Waals surface area contributed by atoms with E-state index in [-0.39, 0.29) is 23.6 Å². The summed E-state index contributed by atoms with van der Waals surface area (Å²) in [6, 6.07) is 6.60. The summed E-state index contributed by atoms with van der Waals surface area (Å²) in [5.41, 5.74) is 1.08. The number of carbonyl (C=O) groups excluding carboxylic acids is 1. The lowest BCUT2D eigenvalue weighted by molar-refractivity contribution is -0.139. The Morgan fingerprint density at radius 1 is 1.12 bits per heavy atom. The van der Waals surface area contributed by atoms with Crippen molar-refractivity contribution in [2.75, 3.05) is 31.1 Å². The summed E-state index contributed by atoms with van der Waals surface area (Å²) >= 11 is 1.59. The Hall–Kier alpha value is -2.02. The minimum Gasteiger partial charge on any atom is -0.343 e. The molecule has 2 fully saturated rings. The maximum absolute atomic E-state index is 13.1. The van der Waals surface area contributed by atoms with Crippen LogP contribution in [0.4, 0.5) is 9.52 Å². The zero-order valence-electron chi connectivity index (χ0n) is 14.2. The van der Waals surface area contributed by atoms with Crippen LogP contribution in [0.25, 0.3) is 0 Å². The van der Waals surface area contributed by atoms with Gasteiger partial charge in [-0.1, -0.05) is 23.5 Å². The summed E-state index contributed by atoms with van der Waals surface area (Å²) in [7, 11) is 0. The number of rotatable bonds is 3. The highest BCUT2D eigenvalue weighted by Crippen LogP contribution is 2.43. The summed E-state index contributed by atoms with van der Waals surface area (Å²) < 4.78 is 13.1. The Morgan fingerprint density at radius 3 is 2.40 bits per heavy atom. The van der Waals surface area contributed by atoms with Gasteiger partial charge in [-0.2, -0.15) is 0 Å². The minimum absolute atomic E-state index is 0.0424. The zero-order valence-corrected chi connectivity index (χ0v) is 15.0. The second kappa shape index (κ2) is 6.71. The van der Waals surface area contributed by atoms with E-state index in [1.54, 1.807) is 11.3 Å². The molecule has 2 aliphatic rings. The van der Waals surface area contributed by atoms with Crippen molar-refractivity contribution in [3.8, 4) is 0 Å². The number of halogens is 1. The average Bonchev–Trinajstić information content (AvgIpc) is 3.02. The Labute approximate surface area is 150 Å². The highest BCUT2D eigenvalue weighted by atomic mass is 32.1. The van der Waals surface area contributed by atoms with E-state index in [1.807, 2.05) is 24.0 Å². The first kappa shape index (κ1) is 16.4. The van der Waals surface area contributed by atoms with Gasteiger partial charge in [0.2, 0.25) is 11.0 Å². The number of carbonyl (C=O) groups is 1. The first-order valence-electron chi connectivity index (χ1n) is 8.71. The number of piperazine rings is 1. The molecule has 0 spiro atoms. The number of anilines is 1. The molecule has 7 heteroatoms. The van der Waals surface area contributed by atoms with Gasteiger partial charge in [-0.15, -0.1) is 10.2 Å². The van der Waals surface area contributed by atoms with Crippen LogP contribution < -0.4 is 4.90 Å². The quantitative estimate of drug-likeness (QED) is 0.845. The van der Waals surface area contributed by atoms with Gasteiger partial charge >= 0.3 is 0 Å². The summed E-state index contributed by atoms with van der Waals surface area (Å²) in [6.07, 6.45) is 1.93. The van der Waals surface area contributed by atoms with Crippen LogP contribution in [0.5, 0.6) is 0 Å². The SMILES string of the molecule is Cc1nnc(N2CCN(C(=O)C3CCC3c3ccc(F)cc3)CC2)s1. The van der Waals surface area contributed by atoms with Crippen LogP contribution >= 0.6 is 11.3 Å². The van der Waals surface area contributed by atoms with Crippen LogP contribution in [-0.2, 0) is 4.79 Å². The lowest BCUT2D eigenvalue weighted by Gasteiger charge is -2.42. The molecule has 1 amide bonds. The van der Waals surface area contributed by atoms with E-state index in [0.717, 1.165) is 54.7 Å². The molecule has 2 aromatic rings. The number of nitrogens with zero attached hydrogens (tertiary/aromatic N) is 4. The van der Waals surface area contributed by atoms with Gasteiger partial charge in [-0.25, -0.2) is 4.39 Å². The standard InChI is InChI=1S/C18H21FN4OS/c1-12-20-21-18(25-12)23-10-8-22(9-11-23)17(24)16-7-6-15(16)13-2-4-14(19)5-3-13/h2-5,15-16H,6-11H2,1H3. The first-order chi connectivity index (χ1) is 12.1. The fourth-order valence-corrected chi connectivity index (χ4v) is 4.41. The molecule has 0 radical (unpaired) electrons. The molecule has 0 N–H and O–H groups in total. The van der Waals surface area contributed by atoms with Crippen LogP contribution in [0.15, 0.2) is 24.3 Å². The first-order valence-corrected chi connectivity index (χ1v) is 9.53. The fourth-order valence-electron chi connectivity index (χ4n) is 3.67. The third-order valence-electron chi connectivity index (χ3n) is 5.27. The third-order valence-corrected chi connectivity index (χ3v) is 6.17. The van der Waals surface area contributed by atoms with E-state index in [4.69, 9.17) is 0 Å². The number of hydrogen-bond donors (Lipinski definition) is 0. The fraction of sp³-hybridized carbons (Fsp3) is 0.500. The highest BCUT2D eigenvalue weighted by Gasteiger charge is 2.40. The van der Waals surface area contributed by atoms with E-state index in [0.29, 0.717) is 0 Å². The van der Waals surface area contributed by atoms with Gasteiger partial charge in [0.25, 0.3) is 0 Å².